The summed E-state index contributed by atoms with van der Waals surface area (Å²) >= 11 is 1.56. The molecule has 2 aromatic heterocycles. The highest BCUT2D eigenvalue weighted by molar-refractivity contribution is 7.15. The van der Waals surface area contributed by atoms with Gasteiger partial charge in [0.1, 0.15) is 4.83 Å². The molecule has 6 heteroatoms. The molecule has 0 amide bonds. The van der Waals surface area contributed by atoms with Crippen LogP contribution in [0.3, 0.4) is 0 Å². The molecule has 0 aliphatic rings. The Hall–Kier alpha value is -2.47. The molecule has 0 saturated carbocycles. The average molecular weight is 286 g/mol. The molecule has 3 aromatic rings. The second kappa shape index (κ2) is 4.57. The molecular formula is C14H10N2O3S. The molecule has 5 nitrogen and oxygen atoms in total. The Kier molecular flexibility index (Phi) is 2.87. The first-order valence-electron chi connectivity index (χ1n) is 5.91. The summed E-state index contributed by atoms with van der Waals surface area (Å²) in [5.74, 6) is 0. The van der Waals surface area contributed by atoms with Crippen LogP contribution in [0.4, 0.5) is 5.69 Å². The number of aryl methyl sites for hydroxylation is 1. The third kappa shape index (κ3) is 1.81. The van der Waals surface area contributed by atoms with Crippen molar-refractivity contribution in [2.24, 2.45) is 0 Å². The number of hydrogen-bond acceptors (Lipinski definition) is 4. The van der Waals surface area contributed by atoms with Gasteiger partial charge in [0.2, 0.25) is 0 Å². The second-order valence-electron chi connectivity index (χ2n) is 4.42. The summed E-state index contributed by atoms with van der Waals surface area (Å²) in [5, 5.41) is 12.7. The van der Waals surface area contributed by atoms with Crippen LogP contribution < -0.4 is 0 Å². The van der Waals surface area contributed by atoms with Gasteiger partial charge in [-0.1, -0.05) is 0 Å². The van der Waals surface area contributed by atoms with Crippen molar-refractivity contribution in [2.75, 3.05) is 0 Å². The van der Waals surface area contributed by atoms with Gasteiger partial charge in [-0.15, -0.1) is 11.3 Å². The standard InChI is InChI=1S/C14H10N2O3S/c1-9-8-20-14-6-12(13(7-17)15(9)14)10-2-4-11(5-3-10)16(18)19/h2-8H,1H3. The van der Waals surface area contributed by atoms with Crippen molar-refractivity contribution in [1.82, 2.24) is 4.40 Å². The molecule has 0 aliphatic heterocycles. The fourth-order valence-corrected chi connectivity index (χ4v) is 3.19. The molecule has 0 unspecified atom stereocenters. The minimum atomic E-state index is -0.438. The van der Waals surface area contributed by atoms with Crippen LogP contribution in [-0.4, -0.2) is 15.6 Å². The quantitative estimate of drug-likeness (QED) is 0.419. The number of benzene rings is 1. The molecule has 0 bridgehead atoms. The molecule has 0 N–H and O–H groups in total. The number of carbonyl (C=O) groups excluding carboxylic acids is 1. The van der Waals surface area contributed by atoms with Gasteiger partial charge in [0.15, 0.2) is 6.29 Å². The van der Waals surface area contributed by atoms with Gasteiger partial charge in [0, 0.05) is 28.8 Å². The second-order valence-corrected chi connectivity index (χ2v) is 5.31. The lowest BCUT2D eigenvalue weighted by atomic mass is 10.1. The monoisotopic (exact) mass is 286 g/mol. The van der Waals surface area contributed by atoms with Crippen LogP contribution >= 0.6 is 11.3 Å². The van der Waals surface area contributed by atoms with Crippen LogP contribution in [-0.2, 0) is 0 Å². The average Bonchev–Trinajstić information content (AvgIpc) is 2.99. The maximum atomic E-state index is 11.4. The lowest BCUT2D eigenvalue weighted by molar-refractivity contribution is -0.384. The number of thiazole rings is 1. The number of aromatic nitrogens is 1. The van der Waals surface area contributed by atoms with Crippen molar-refractivity contribution in [3.05, 3.63) is 57.2 Å². The number of fused-ring (bicyclic) bond motifs is 1. The highest BCUT2D eigenvalue weighted by Gasteiger charge is 2.15. The van der Waals surface area contributed by atoms with Crippen LogP contribution in [0.2, 0.25) is 0 Å². The first-order valence-corrected chi connectivity index (χ1v) is 6.79. The topological polar surface area (TPSA) is 64.6 Å². The van der Waals surface area contributed by atoms with E-state index in [1.165, 1.54) is 12.1 Å². The minimum Gasteiger partial charge on any atom is -0.301 e. The Morgan fingerprint density at radius 3 is 2.60 bits per heavy atom. The summed E-state index contributed by atoms with van der Waals surface area (Å²) in [5.41, 5.74) is 3.21. The molecule has 3 rings (SSSR count). The van der Waals surface area contributed by atoms with Crippen LogP contribution in [0.5, 0.6) is 0 Å². The van der Waals surface area contributed by atoms with E-state index in [9.17, 15) is 14.9 Å². The molecule has 100 valence electrons. The third-order valence-corrected chi connectivity index (χ3v) is 4.21. The van der Waals surface area contributed by atoms with Crippen LogP contribution in [0.25, 0.3) is 16.0 Å². The smallest absolute Gasteiger partial charge is 0.269 e. The highest BCUT2D eigenvalue weighted by atomic mass is 32.1. The van der Waals surface area contributed by atoms with E-state index >= 15 is 0 Å². The van der Waals surface area contributed by atoms with Gasteiger partial charge in [0.25, 0.3) is 5.69 Å². The Bertz CT molecular complexity index is 815. The van der Waals surface area contributed by atoms with E-state index < -0.39 is 4.92 Å². The summed E-state index contributed by atoms with van der Waals surface area (Å²) < 4.78 is 1.90. The van der Waals surface area contributed by atoms with Crippen molar-refractivity contribution < 1.29 is 9.72 Å². The predicted molar refractivity (Wildman–Crippen MR) is 77.5 cm³/mol. The highest BCUT2D eigenvalue weighted by Crippen LogP contribution is 2.31. The molecule has 0 saturated heterocycles. The maximum absolute atomic E-state index is 11.4. The fourth-order valence-electron chi connectivity index (χ4n) is 2.26. The molecule has 0 fully saturated rings. The minimum absolute atomic E-state index is 0.0404. The number of hydrogen-bond donors (Lipinski definition) is 0. The summed E-state index contributed by atoms with van der Waals surface area (Å²) in [4.78, 5) is 22.6. The van der Waals surface area contributed by atoms with E-state index in [1.807, 2.05) is 22.8 Å². The molecule has 1 aromatic carbocycles. The molecule has 0 spiro atoms. The number of non-ortho nitro benzene ring substituents is 1. The Balaban J connectivity index is 2.18. The lowest BCUT2D eigenvalue weighted by Crippen LogP contribution is -1.93. The van der Waals surface area contributed by atoms with Crippen molar-refractivity contribution in [3.8, 4) is 11.1 Å². The lowest BCUT2D eigenvalue weighted by Gasteiger charge is -2.01. The summed E-state index contributed by atoms with van der Waals surface area (Å²) in [6.45, 7) is 1.94. The number of carbonyl (C=O) groups is 1. The SMILES string of the molecule is Cc1csc2cc(-c3ccc([N+](=O)[O-])cc3)c(C=O)n12. The van der Waals surface area contributed by atoms with Crippen LogP contribution in [0.15, 0.2) is 35.7 Å². The number of nitrogens with zero attached hydrogens (tertiary/aromatic N) is 2. The van der Waals surface area contributed by atoms with Gasteiger partial charge in [-0.25, -0.2) is 0 Å². The van der Waals surface area contributed by atoms with Gasteiger partial charge in [-0.3, -0.25) is 14.9 Å². The van der Waals surface area contributed by atoms with E-state index in [-0.39, 0.29) is 5.69 Å². The van der Waals surface area contributed by atoms with E-state index in [2.05, 4.69) is 0 Å². The van der Waals surface area contributed by atoms with Crippen LogP contribution in [0.1, 0.15) is 16.2 Å². The van der Waals surface area contributed by atoms with Crippen molar-refractivity contribution in [2.45, 2.75) is 6.92 Å². The van der Waals surface area contributed by atoms with Gasteiger partial charge < -0.3 is 4.40 Å². The fraction of sp³-hybridized carbons (Fsp3) is 0.0714. The number of aldehydes is 1. The predicted octanol–water partition coefficient (Wildman–Crippen LogP) is 3.70. The maximum Gasteiger partial charge on any atom is 0.269 e. The zero-order chi connectivity index (χ0) is 14.3. The van der Waals surface area contributed by atoms with Crippen molar-refractivity contribution in [3.63, 3.8) is 0 Å². The van der Waals surface area contributed by atoms with Gasteiger partial charge in [-0.05, 0) is 30.7 Å². The molecule has 0 aliphatic carbocycles. The molecule has 2 heterocycles. The van der Waals surface area contributed by atoms with E-state index in [4.69, 9.17) is 0 Å². The van der Waals surface area contributed by atoms with E-state index in [0.717, 1.165) is 27.9 Å². The zero-order valence-electron chi connectivity index (χ0n) is 10.6. The normalized spacial score (nSPS) is 10.8. The van der Waals surface area contributed by atoms with Gasteiger partial charge in [0.05, 0.1) is 10.6 Å². The Morgan fingerprint density at radius 1 is 1.30 bits per heavy atom. The first kappa shape index (κ1) is 12.6. The third-order valence-electron chi connectivity index (χ3n) is 3.21. The van der Waals surface area contributed by atoms with E-state index in [0.29, 0.717) is 5.69 Å². The zero-order valence-corrected chi connectivity index (χ0v) is 11.4. The Labute approximate surface area is 118 Å². The van der Waals surface area contributed by atoms with Gasteiger partial charge in [-0.2, -0.15) is 0 Å². The summed E-state index contributed by atoms with van der Waals surface area (Å²) in [7, 11) is 0. The van der Waals surface area contributed by atoms with E-state index in [1.54, 1.807) is 23.5 Å². The molecule has 20 heavy (non-hydrogen) atoms. The van der Waals surface area contributed by atoms with Crippen molar-refractivity contribution in [1.29, 1.82) is 0 Å². The molecule has 0 atom stereocenters. The number of rotatable bonds is 3. The molecule has 0 radical (unpaired) electrons. The van der Waals surface area contributed by atoms with Gasteiger partial charge >= 0.3 is 0 Å². The summed E-state index contributed by atoms with van der Waals surface area (Å²) in [6.07, 6.45) is 0.823. The number of nitro groups is 1. The Morgan fingerprint density at radius 2 is 2.00 bits per heavy atom. The molecular weight excluding hydrogens is 276 g/mol. The first-order chi connectivity index (χ1) is 9.61. The largest absolute Gasteiger partial charge is 0.301 e. The van der Waals surface area contributed by atoms with Crippen molar-refractivity contribution >= 4 is 28.1 Å². The van der Waals surface area contributed by atoms with Crippen LogP contribution in [0, 0.1) is 17.0 Å². The summed E-state index contributed by atoms with van der Waals surface area (Å²) in [6, 6.07) is 8.16. The number of nitro benzene ring substituents is 1.